The van der Waals surface area contributed by atoms with Crippen LogP contribution in [0.25, 0.3) is 10.9 Å². The monoisotopic (exact) mass is 269 g/mol. The molecular formula is C13H15N7. The van der Waals surface area contributed by atoms with Crippen LogP contribution in [-0.4, -0.2) is 31.3 Å². The second kappa shape index (κ2) is 5.12. The van der Waals surface area contributed by atoms with Crippen molar-refractivity contribution in [2.75, 3.05) is 17.6 Å². The highest BCUT2D eigenvalue weighted by Crippen LogP contribution is 2.20. The number of nitrogens with zero attached hydrogens (tertiary/aromatic N) is 5. The highest BCUT2D eigenvalue weighted by Gasteiger charge is 2.05. The second-order valence-electron chi connectivity index (χ2n) is 4.46. The summed E-state index contributed by atoms with van der Waals surface area (Å²) in [7, 11) is 1.85. The lowest BCUT2D eigenvalue weighted by atomic mass is 10.2. The highest BCUT2D eigenvalue weighted by molar-refractivity contribution is 5.89. The van der Waals surface area contributed by atoms with E-state index in [-0.39, 0.29) is 5.95 Å². The van der Waals surface area contributed by atoms with Gasteiger partial charge in [-0.05, 0) is 12.1 Å². The topological polar surface area (TPSA) is 94.5 Å². The van der Waals surface area contributed by atoms with Crippen LogP contribution in [0.3, 0.4) is 0 Å². The van der Waals surface area contributed by atoms with Gasteiger partial charge in [-0.2, -0.15) is 10.1 Å². The van der Waals surface area contributed by atoms with Gasteiger partial charge in [0, 0.05) is 25.4 Å². The molecular weight excluding hydrogens is 254 g/mol. The predicted molar refractivity (Wildman–Crippen MR) is 77.1 cm³/mol. The number of aromatic nitrogens is 5. The van der Waals surface area contributed by atoms with E-state index in [4.69, 9.17) is 5.73 Å². The van der Waals surface area contributed by atoms with Gasteiger partial charge in [0.15, 0.2) is 5.82 Å². The van der Waals surface area contributed by atoms with E-state index in [1.165, 1.54) is 0 Å². The minimum atomic E-state index is 0.266. The first-order chi connectivity index (χ1) is 9.72. The van der Waals surface area contributed by atoms with Crippen molar-refractivity contribution in [1.29, 1.82) is 0 Å². The molecule has 0 aliphatic rings. The van der Waals surface area contributed by atoms with Crippen molar-refractivity contribution in [1.82, 2.24) is 24.7 Å². The van der Waals surface area contributed by atoms with E-state index >= 15 is 0 Å². The molecule has 0 saturated carbocycles. The van der Waals surface area contributed by atoms with Gasteiger partial charge in [-0.1, -0.05) is 12.1 Å². The number of para-hydroxylation sites is 1. The Labute approximate surface area is 115 Å². The Bertz CT molecular complexity index is 734. The molecule has 0 atom stereocenters. The molecule has 0 saturated heterocycles. The van der Waals surface area contributed by atoms with E-state index in [9.17, 15) is 0 Å². The van der Waals surface area contributed by atoms with Gasteiger partial charge in [-0.15, -0.1) is 0 Å². The number of fused-ring (bicyclic) bond motifs is 1. The van der Waals surface area contributed by atoms with E-state index in [1.54, 1.807) is 11.0 Å². The highest BCUT2D eigenvalue weighted by atomic mass is 15.3. The van der Waals surface area contributed by atoms with Crippen molar-refractivity contribution in [3.63, 3.8) is 0 Å². The molecule has 0 bridgehead atoms. The molecule has 0 fully saturated rings. The molecule has 3 rings (SSSR count). The van der Waals surface area contributed by atoms with Gasteiger partial charge < -0.3 is 11.1 Å². The summed E-state index contributed by atoms with van der Waals surface area (Å²) in [6.45, 7) is 0.685. The molecule has 102 valence electrons. The number of hydrogen-bond donors (Lipinski definition) is 2. The maximum absolute atomic E-state index is 5.72. The van der Waals surface area contributed by atoms with E-state index in [0.29, 0.717) is 6.54 Å². The number of nitrogens with one attached hydrogen (secondary N) is 1. The van der Waals surface area contributed by atoms with Gasteiger partial charge >= 0.3 is 0 Å². The number of rotatable bonds is 4. The minimum Gasteiger partial charge on any atom is -0.369 e. The Morgan fingerprint density at radius 3 is 2.90 bits per heavy atom. The van der Waals surface area contributed by atoms with Gasteiger partial charge in [0.05, 0.1) is 5.52 Å². The molecule has 7 heteroatoms. The van der Waals surface area contributed by atoms with Crippen molar-refractivity contribution in [2.24, 2.45) is 7.05 Å². The third kappa shape index (κ3) is 2.51. The van der Waals surface area contributed by atoms with Crippen LogP contribution in [0.15, 0.2) is 30.6 Å². The lowest BCUT2D eigenvalue weighted by Crippen LogP contribution is -2.09. The molecule has 1 aromatic carbocycles. The summed E-state index contributed by atoms with van der Waals surface area (Å²) in [5, 5.41) is 8.45. The molecule has 0 aliphatic heterocycles. The maximum Gasteiger partial charge on any atom is 0.222 e. The molecule has 2 heterocycles. The fraction of sp³-hybridized carbons (Fsp3) is 0.231. The van der Waals surface area contributed by atoms with Crippen molar-refractivity contribution in [3.05, 3.63) is 36.4 Å². The summed E-state index contributed by atoms with van der Waals surface area (Å²) < 4.78 is 1.69. The SMILES string of the molecule is Cn1cnc(CCNc2nc(N)nc3ccccc23)n1. The third-order valence-corrected chi connectivity index (χ3v) is 2.91. The number of aryl methyl sites for hydroxylation is 1. The lowest BCUT2D eigenvalue weighted by Gasteiger charge is -2.08. The molecule has 0 unspecified atom stereocenters. The first kappa shape index (κ1) is 12.3. The molecule has 2 aromatic heterocycles. The number of nitrogens with two attached hydrogens (primary N) is 1. The second-order valence-corrected chi connectivity index (χ2v) is 4.46. The van der Waals surface area contributed by atoms with Crippen molar-refractivity contribution in [2.45, 2.75) is 6.42 Å². The van der Waals surface area contributed by atoms with E-state index in [1.807, 2.05) is 31.3 Å². The van der Waals surface area contributed by atoms with Crippen molar-refractivity contribution in [3.8, 4) is 0 Å². The van der Waals surface area contributed by atoms with E-state index in [2.05, 4.69) is 25.4 Å². The molecule has 0 radical (unpaired) electrons. The zero-order valence-electron chi connectivity index (χ0n) is 11.1. The molecule has 0 aliphatic carbocycles. The smallest absolute Gasteiger partial charge is 0.222 e. The summed E-state index contributed by atoms with van der Waals surface area (Å²) in [5.41, 5.74) is 6.55. The first-order valence-electron chi connectivity index (χ1n) is 6.33. The van der Waals surface area contributed by atoms with Crippen LogP contribution < -0.4 is 11.1 Å². The number of hydrogen-bond acceptors (Lipinski definition) is 6. The summed E-state index contributed by atoms with van der Waals surface area (Å²) in [5.74, 6) is 1.80. The predicted octanol–water partition coefficient (Wildman–Crippen LogP) is 0.995. The standard InChI is InChI=1S/C13H15N7/c1-20-8-16-11(19-20)6-7-15-12-9-4-2-3-5-10(9)17-13(14)18-12/h2-5,8H,6-7H2,1H3,(H3,14,15,17,18). The molecule has 3 aromatic rings. The molecule has 3 N–H and O–H groups in total. The van der Waals surface area contributed by atoms with Crippen molar-refractivity contribution < 1.29 is 0 Å². The summed E-state index contributed by atoms with van der Waals surface area (Å²) >= 11 is 0. The number of nitrogen functional groups attached to an aromatic ring is 1. The molecule has 7 nitrogen and oxygen atoms in total. The Morgan fingerprint density at radius 2 is 2.10 bits per heavy atom. The van der Waals surface area contributed by atoms with Crippen LogP contribution in [0, 0.1) is 0 Å². The zero-order chi connectivity index (χ0) is 13.9. The van der Waals surface area contributed by atoms with Crippen LogP contribution in [0.1, 0.15) is 5.82 Å². The van der Waals surface area contributed by atoms with Crippen LogP contribution in [0.5, 0.6) is 0 Å². The van der Waals surface area contributed by atoms with Gasteiger partial charge in [0.25, 0.3) is 0 Å². The molecule has 20 heavy (non-hydrogen) atoms. The largest absolute Gasteiger partial charge is 0.369 e. The normalized spacial score (nSPS) is 10.8. The minimum absolute atomic E-state index is 0.266. The Kier molecular flexibility index (Phi) is 3.16. The van der Waals surface area contributed by atoms with Crippen LogP contribution in [0.2, 0.25) is 0 Å². The quantitative estimate of drug-likeness (QED) is 0.733. The molecule has 0 amide bonds. The van der Waals surface area contributed by atoms with Gasteiger partial charge in [-0.3, -0.25) is 4.68 Å². The first-order valence-corrected chi connectivity index (χ1v) is 6.33. The van der Waals surface area contributed by atoms with Crippen molar-refractivity contribution >= 4 is 22.7 Å². The number of benzene rings is 1. The van der Waals surface area contributed by atoms with Gasteiger partial charge in [-0.25, -0.2) is 9.97 Å². The Morgan fingerprint density at radius 1 is 1.25 bits per heavy atom. The van der Waals surface area contributed by atoms with Gasteiger partial charge in [0.1, 0.15) is 12.1 Å². The zero-order valence-corrected chi connectivity index (χ0v) is 11.1. The maximum atomic E-state index is 5.72. The fourth-order valence-electron chi connectivity index (χ4n) is 2.02. The summed E-state index contributed by atoms with van der Waals surface area (Å²) in [6.07, 6.45) is 2.41. The molecule has 0 spiro atoms. The fourth-order valence-corrected chi connectivity index (χ4v) is 2.02. The van der Waals surface area contributed by atoms with Crippen LogP contribution in [0.4, 0.5) is 11.8 Å². The average molecular weight is 269 g/mol. The Balaban J connectivity index is 1.77. The lowest BCUT2D eigenvalue weighted by molar-refractivity contribution is 0.742. The number of anilines is 2. The van der Waals surface area contributed by atoms with E-state index in [0.717, 1.165) is 29.0 Å². The van der Waals surface area contributed by atoms with Crippen LogP contribution >= 0.6 is 0 Å². The summed E-state index contributed by atoms with van der Waals surface area (Å²) in [6, 6.07) is 7.76. The van der Waals surface area contributed by atoms with E-state index < -0.39 is 0 Å². The summed E-state index contributed by atoms with van der Waals surface area (Å²) in [4.78, 5) is 12.6. The average Bonchev–Trinajstić information content (AvgIpc) is 2.84. The Hall–Kier alpha value is -2.70. The van der Waals surface area contributed by atoms with Crippen LogP contribution in [-0.2, 0) is 13.5 Å². The van der Waals surface area contributed by atoms with Gasteiger partial charge in [0.2, 0.25) is 5.95 Å². The third-order valence-electron chi connectivity index (χ3n) is 2.91.